The van der Waals surface area contributed by atoms with Crippen LogP contribution in [0.3, 0.4) is 0 Å². The second-order valence-corrected chi connectivity index (χ2v) is 8.59. The van der Waals surface area contributed by atoms with Gasteiger partial charge in [-0.1, -0.05) is 30.4 Å². The number of benzene rings is 1. The Labute approximate surface area is 159 Å². The average Bonchev–Trinajstić information content (AvgIpc) is 3.40. The van der Waals surface area contributed by atoms with Gasteiger partial charge in [0.25, 0.3) is 0 Å². The second-order valence-electron chi connectivity index (χ2n) is 8.59. The molecule has 1 aromatic rings. The molecule has 2 bridgehead atoms. The number of carbonyl (C=O) groups is 3. The van der Waals surface area contributed by atoms with Crippen LogP contribution in [-0.2, 0) is 14.4 Å². The lowest BCUT2D eigenvalue weighted by molar-refractivity contribution is -0.140. The van der Waals surface area contributed by atoms with E-state index in [1.807, 2.05) is 32.0 Å². The zero-order chi connectivity index (χ0) is 19.0. The van der Waals surface area contributed by atoms with E-state index in [0.717, 1.165) is 23.2 Å². The van der Waals surface area contributed by atoms with E-state index in [9.17, 15) is 14.4 Å². The third-order valence-electron chi connectivity index (χ3n) is 7.13. The number of aryl methyl sites for hydroxylation is 2. The summed E-state index contributed by atoms with van der Waals surface area (Å²) in [5.41, 5.74) is 2.72. The van der Waals surface area contributed by atoms with Gasteiger partial charge in [0, 0.05) is 6.92 Å². The monoisotopic (exact) mass is 364 g/mol. The van der Waals surface area contributed by atoms with Crippen molar-refractivity contribution in [1.82, 2.24) is 4.90 Å². The first-order valence-electron chi connectivity index (χ1n) is 9.78. The Morgan fingerprint density at radius 1 is 1.04 bits per heavy atom. The van der Waals surface area contributed by atoms with E-state index < -0.39 is 0 Å². The van der Waals surface area contributed by atoms with Crippen molar-refractivity contribution in [2.24, 2.45) is 35.5 Å². The molecule has 140 valence electrons. The van der Waals surface area contributed by atoms with Crippen LogP contribution in [0.25, 0.3) is 0 Å². The number of rotatable bonds is 3. The fourth-order valence-electron chi connectivity index (χ4n) is 5.86. The van der Waals surface area contributed by atoms with Crippen LogP contribution in [0.4, 0.5) is 5.69 Å². The largest absolute Gasteiger partial charge is 0.293 e. The molecule has 5 heteroatoms. The lowest BCUT2D eigenvalue weighted by Crippen LogP contribution is -2.44. The number of nitrogens with zero attached hydrogens (tertiary/aromatic N) is 2. The van der Waals surface area contributed by atoms with Crippen molar-refractivity contribution in [2.45, 2.75) is 27.2 Å². The zero-order valence-corrected chi connectivity index (χ0v) is 15.9. The van der Waals surface area contributed by atoms with Gasteiger partial charge >= 0.3 is 0 Å². The van der Waals surface area contributed by atoms with Gasteiger partial charge in [-0.15, -0.1) is 0 Å². The van der Waals surface area contributed by atoms with Gasteiger partial charge in [-0.25, -0.2) is 0 Å². The maximum atomic E-state index is 13.2. The lowest BCUT2D eigenvalue weighted by Gasteiger charge is -2.37. The molecule has 2 saturated carbocycles. The minimum absolute atomic E-state index is 0.0144. The number of para-hydroxylation sites is 1. The molecule has 0 N–H and O–H groups in total. The van der Waals surface area contributed by atoms with E-state index in [2.05, 4.69) is 12.2 Å². The third kappa shape index (κ3) is 2.20. The number of amides is 3. The fraction of sp³-hybridized carbons (Fsp3) is 0.500. The molecule has 6 unspecified atom stereocenters. The maximum Gasteiger partial charge on any atom is 0.235 e. The van der Waals surface area contributed by atoms with E-state index in [0.29, 0.717) is 11.8 Å². The van der Waals surface area contributed by atoms with Gasteiger partial charge in [0.05, 0.1) is 17.5 Å². The van der Waals surface area contributed by atoms with Crippen molar-refractivity contribution < 1.29 is 14.4 Å². The molecule has 1 aromatic carbocycles. The molecule has 5 nitrogen and oxygen atoms in total. The van der Waals surface area contributed by atoms with Gasteiger partial charge in [-0.2, -0.15) is 0 Å². The molecule has 3 fully saturated rings. The molecule has 1 aliphatic heterocycles. The van der Waals surface area contributed by atoms with Crippen LogP contribution in [-0.4, -0.2) is 29.3 Å². The number of carbonyl (C=O) groups excluding carboxylic acids is 3. The van der Waals surface area contributed by atoms with E-state index in [4.69, 9.17) is 0 Å². The first-order valence-corrected chi connectivity index (χ1v) is 9.78. The smallest absolute Gasteiger partial charge is 0.235 e. The molecule has 0 aromatic heterocycles. The van der Waals surface area contributed by atoms with Gasteiger partial charge < -0.3 is 0 Å². The van der Waals surface area contributed by atoms with Crippen LogP contribution in [0, 0.1) is 49.4 Å². The number of hydrogen-bond acceptors (Lipinski definition) is 3. The van der Waals surface area contributed by atoms with Crippen LogP contribution in [0.1, 0.15) is 24.5 Å². The highest BCUT2D eigenvalue weighted by Crippen LogP contribution is 2.65. The second kappa shape index (κ2) is 5.54. The summed E-state index contributed by atoms with van der Waals surface area (Å²) >= 11 is 0. The fourth-order valence-corrected chi connectivity index (χ4v) is 5.86. The molecule has 6 rings (SSSR count). The van der Waals surface area contributed by atoms with E-state index >= 15 is 0 Å². The van der Waals surface area contributed by atoms with E-state index in [1.54, 1.807) is 4.90 Å². The first-order chi connectivity index (χ1) is 12.9. The standard InChI is InChI=1S/C22H24N2O3/c1-11-5-4-6-12(2)20(11)23(13(3)25)10-24-21(26)18-14-7-8-15(17-9-16(14)17)19(18)22(24)27/h4-8,14-19H,9-10H2,1-3H3. The van der Waals surface area contributed by atoms with E-state index in [-0.39, 0.29) is 48.1 Å². The molecular weight excluding hydrogens is 340 g/mol. The summed E-state index contributed by atoms with van der Waals surface area (Å²) < 4.78 is 0. The van der Waals surface area contributed by atoms with Crippen molar-refractivity contribution in [3.63, 3.8) is 0 Å². The van der Waals surface area contributed by atoms with Crippen molar-refractivity contribution in [3.8, 4) is 0 Å². The Bertz CT molecular complexity index is 849. The van der Waals surface area contributed by atoms with Crippen LogP contribution >= 0.6 is 0 Å². The number of allylic oxidation sites excluding steroid dienone is 2. The van der Waals surface area contributed by atoms with Crippen LogP contribution in [0.5, 0.6) is 0 Å². The molecule has 4 aliphatic carbocycles. The summed E-state index contributed by atoms with van der Waals surface area (Å²) in [7, 11) is 0. The molecule has 3 amide bonds. The van der Waals surface area contributed by atoms with Crippen molar-refractivity contribution >= 4 is 23.4 Å². The highest BCUT2D eigenvalue weighted by atomic mass is 16.2. The van der Waals surface area contributed by atoms with Gasteiger partial charge in [-0.05, 0) is 55.1 Å². The summed E-state index contributed by atoms with van der Waals surface area (Å²) in [5, 5.41) is 0. The Morgan fingerprint density at radius 2 is 1.56 bits per heavy atom. The summed E-state index contributed by atoms with van der Waals surface area (Å²) in [4.78, 5) is 41.7. The molecule has 6 atom stereocenters. The maximum absolute atomic E-state index is 13.2. The van der Waals surface area contributed by atoms with Gasteiger partial charge in [0.2, 0.25) is 17.7 Å². The number of likely N-dealkylation sites (tertiary alicyclic amines) is 1. The molecule has 1 saturated heterocycles. The topological polar surface area (TPSA) is 57.7 Å². The number of hydrogen-bond donors (Lipinski definition) is 0. The number of anilines is 1. The minimum atomic E-state index is -0.219. The van der Waals surface area contributed by atoms with Gasteiger partial charge in [0.1, 0.15) is 6.67 Å². The summed E-state index contributed by atoms with van der Waals surface area (Å²) in [6, 6.07) is 5.84. The summed E-state index contributed by atoms with van der Waals surface area (Å²) in [5.74, 6) is 0.799. The number of imide groups is 1. The Kier molecular flexibility index (Phi) is 3.43. The highest BCUT2D eigenvalue weighted by Gasteiger charge is 2.67. The minimum Gasteiger partial charge on any atom is -0.293 e. The quantitative estimate of drug-likeness (QED) is 0.612. The summed E-state index contributed by atoms with van der Waals surface area (Å²) in [6.45, 7) is 5.40. The van der Waals surface area contributed by atoms with Crippen LogP contribution < -0.4 is 4.90 Å². The van der Waals surface area contributed by atoms with Gasteiger partial charge in [-0.3, -0.25) is 24.2 Å². The predicted molar refractivity (Wildman–Crippen MR) is 100 cm³/mol. The molecule has 0 radical (unpaired) electrons. The molecule has 0 spiro atoms. The van der Waals surface area contributed by atoms with Gasteiger partial charge in [0.15, 0.2) is 0 Å². The van der Waals surface area contributed by atoms with E-state index in [1.165, 1.54) is 11.8 Å². The third-order valence-corrected chi connectivity index (χ3v) is 7.13. The summed E-state index contributed by atoms with van der Waals surface area (Å²) in [6.07, 6.45) is 5.49. The predicted octanol–water partition coefficient (Wildman–Crippen LogP) is 2.67. The Hall–Kier alpha value is -2.43. The Balaban J connectivity index is 1.48. The molecular formula is C22H24N2O3. The van der Waals surface area contributed by atoms with Crippen molar-refractivity contribution in [3.05, 3.63) is 41.5 Å². The van der Waals surface area contributed by atoms with Crippen LogP contribution in [0.2, 0.25) is 0 Å². The molecule has 1 heterocycles. The first kappa shape index (κ1) is 16.7. The normalized spacial score (nSPS) is 35.3. The van der Waals surface area contributed by atoms with Crippen molar-refractivity contribution in [2.75, 3.05) is 11.6 Å². The molecule has 27 heavy (non-hydrogen) atoms. The molecule has 5 aliphatic rings. The average molecular weight is 364 g/mol. The highest BCUT2D eigenvalue weighted by molar-refractivity contribution is 6.07. The zero-order valence-electron chi connectivity index (χ0n) is 15.9. The Morgan fingerprint density at radius 3 is 2.04 bits per heavy atom. The SMILES string of the molecule is CC(=O)N(CN1C(=O)C2C3C=CC(C4CC34)C2C1=O)c1c(C)cccc1C. The van der Waals surface area contributed by atoms with Crippen LogP contribution in [0.15, 0.2) is 30.4 Å². The lowest BCUT2D eigenvalue weighted by atomic mass is 9.63. The van der Waals surface area contributed by atoms with Crippen molar-refractivity contribution in [1.29, 1.82) is 0 Å².